The Bertz CT molecular complexity index is 1220. The van der Waals surface area contributed by atoms with Gasteiger partial charge in [0.05, 0.1) is 24.3 Å². The van der Waals surface area contributed by atoms with Gasteiger partial charge >= 0.3 is 0 Å². The number of carbonyl (C=O) groups excluding carboxylic acids is 2. The van der Waals surface area contributed by atoms with Gasteiger partial charge < -0.3 is 19.7 Å². The fourth-order valence-corrected chi connectivity index (χ4v) is 4.28. The first kappa shape index (κ1) is 21.8. The van der Waals surface area contributed by atoms with Crippen molar-refractivity contribution >= 4 is 28.4 Å². The van der Waals surface area contributed by atoms with Crippen LogP contribution < -0.4 is 0 Å². The zero-order valence-electron chi connectivity index (χ0n) is 18.8. The van der Waals surface area contributed by atoms with Crippen LogP contribution in [0, 0.1) is 13.8 Å². The lowest BCUT2D eigenvalue weighted by atomic mass is 9.93. The van der Waals surface area contributed by atoms with Gasteiger partial charge in [-0.25, -0.2) is 0 Å². The number of nitrogens with zero attached hydrogens (tertiary/aromatic N) is 1. The number of para-hydroxylation sites is 1. The molecule has 0 spiro atoms. The molecule has 1 amide bonds. The molecule has 0 radical (unpaired) electrons. The number of ether oxygens (including phenoxy) is 1. The van der Waals surface area contributed by atoms with E-state index in [0.29, 0.717) is 12.2 Å². The fraction of sp³-hybridized carbons (Fsp3) is 0.308. The number of nitrogens with one attached hydrogen (secondary N) is 1. The van der Waals surface area contributed by atoms with Crippen LogP contribution in [0.2, 0.25) is 0 Å². The first-order valence-electron chi connectivity index (χ1n) is 10.8. The zero-order chi connectivity index (χ0) is 23.0. The topological polar surface area (TPSA) is 82.6 Å². The molecular formula is C26H28N2O4. The summed E-state index contributed by atoms with van der Waals surface area (Å²) in [5.74, 6) is -1.45. The molecule has 1 aliphatic rings. The number of amides is 1. The number of Topliss-reactive ketones (excluding diaryl/α,β-unsaturated/α-hetero) is 1. The van der Waals surface area contributed by atoms with Gasteiger partial charge in [-0.1, -0.05) is 35.9 Å². The van der Waals surface area contributed by atoms with Crippen molar-refractivity contribution < 1.29 is 19.4 Å². The van der Waals surface area contributed by atoms with Gasteiger partial charge in [-0.2, -0.15) is 0 Å². The lowest BCUT2D eigenvalue weighted by Crippen LogP contribution is -2.33. The third kappa shape index (κ3) is 3.82. The van der Waals surface area contributed by atoms with Crippen LogP contribution in [-0.2, 0) is 14.3 Å². The minimum Gasteiger partial charge on any atom is -0.507 e. The number of benzene rings is 2. The number of aromatic amines is 1. The molecular weight excluding hydrogens is 404 g/mol. The van der Waals surface area contributed by atoms with Gasteiger partial charge in [-0.05, 0) is 45.4 Å². The summed E-state index contributed by atoms with van der Waals surface area (Å²) in [6.07, 6.45) is 1.82. The van der Waals surface area contributed by atoms with Gasteiger partial charge in [0.1, 0.15) is 5.76 Å². The van der Waals surface area contributed by atoms with Crippen LogP contribution in [0.1, 0.15) is 42.1 Å². The number of carbonyl (C=O) groups is 2. The van der Waals surface area contributed by atoms with Gasteiger partial charge in [0.2, 0.25) is 0 Å². The first-order valence-corrected chi connectivity index (χ1v) is 10.8. The summed E-state index contributed by atoms with van der Waals surface area (Å²) in [6.45, 7) is 8.19. The van der Waals surface area contributed by atoms with Crippen LogP contribution in [0.4, 0.5) is 0 Å². The van der Waals surface area contributed by atoms with E-state index in [-0.39, 0.29) is 24.0 Å². The first-order chi connectivity index (χ1) is 15.3. The molecule has 6 heteroatoms. The van der Waals surface area contributed by atoms with Crippen LogP contribution in [0.25, 0.3) is 16.7 Å². The van der Waals surface area contributed by atoms with Crippen LogP contribution in [-0.4, -0.2) is 45.9 Å². The molecule has 1 atom stereocenters. The molecule has 6 nitrogen and oxygen atoms in total. The minimum atomic E-state index is -0.707. The predicted molar refractivity (Wildman–Crippen MR) is 124 cm³/mol. The smallest absolute Gasteiger partial charge is 0.295 e. The van der Waals surface area contributed by atoms with E-state index in [1.807, 2.05) is 76.4 Å². The summed E-state index contributed by atoms with van der Waals surface area (Å²) >= 11 is 0. The maximum Gasteiger partial charge on any atom is 0.295 e. The largest absolute Gasteiger partial charge is 0.507 e. The molecule has 1 aromatic heterocycles. The van der Waals surface area contributed by atoms with E-state index >= 15 is 0 Å². The Balaban J connectivity index is 1.89. The second-order valence-corrected chi connectivity index (χ2v) is 8.52. The van der Waals surface area contributed by atoms with Gasteiger partial charge in [-0.15, -0.1) is 0 Å². The van der Waals surface area contributed by atoms with Gasteiger partial charge in [0.15, 0.2) is 0 Å². The molecule has 0 aliphatic carbocycles. The second kappa shape index (κ2) is 8.63. The second-order valence-electron chi connectivity index (χ2n) is 8.52. The Morgan fingerprint density at radius 1 is 1.16 bits per heavy atom. The van der Waals surface area contributed by atoms with E-state index in [1.165, 1.54) is 4.90 Å². The number of ketones is 1. The standard InChI is InChI=1S/C26H28N2O4/c1-15(2)32-12-11-28-23(20-14-27-21-8-6-5-7-18(20)21)22(25(30)26(28)31)24(29)19-13-16(3)9-10-17(19)4/h5-10,13-15,23,27,29H,11-12H2,1-4H3/b24-22+. The zero-order valence-corrected chi connectivity index (χ0v) is 18.8. The fourth-order valence-electron chi connectivity index (χ4n) is 4.28. The third-order valence-electron chi connectivity index (χ3n) is 5.89. The molecule has 4 rings (SSSR count). The van der Waals surface area contributed by atoms with Crippen molar-refractivity contribution in [2.45, 2.75) is 39.8 Å². The molecule has 2 N–H and O–H groups in total. The molecule has 2 heterocycles. The van der Waals surface area contributed by atoms with E-state index < -0.39 is 17.7 Å². The molecule has 166 valence electrons. The highest BCUT2D eigenvalue weighted by molar-refractivity contribution is 6.46. The number of aliphatic hydroxyl groups excluding tert-OH is 1. The molecule has 1 aliphatic heterocycles. The maximum absolute atomic E-state index is 13.2. The average Bonchev–Trinajstić information content (AvgIpc) is 3.29. The van der Waals surface area contributed by atoms with Crippen molar-refractivity contribution in [3.63, 3.8) is 0 Å². The molecule has 32 heavy (non-hydrogen) atoms. The van der Waals surface area contributed by atoms with E-state index in [1.54, 1.807) is 0 Å². The Morgan fingerprint density at radius 2 is 1.91 bits per heavy atom. The number of hydrogen-bond acceptors (Lipinski definition) is 4. The maximum atomic E-state index is 13.2. The quantitative estimate of drug-likeness (QED) is 0.338. The number of aryl methyl sites for hydroxylation is 2. The Hall–Kier alpha value is -3.38. The number of hydrogen-bond donors (Lipinski definition) is 2. The van der Waals surface area contributed by atoms with Crippen molar-refractivity contribution in [3.05, 3.63) is 76.5 Å². The predicted octanol–water partition coefficient (Wildman–Crippen LogP) is 4.63. The van der Waals surface area contributed by atoms with Crippen LogP contribution in [0.5, 0.6) is 0 Å². The van der Waals surface area contributed by atoms with Gasteiger partial charge in [0.25, 0.3) is 11.7 Å². The minimum absolute atomic E-state index is 0.00769. The summed E-state index contributed by atoms with van der Waals surface area (Å²) < 4.78 is 5.66. The highest BCUT2D eigenvalue weighted by atomic mass is 16.5. The molecule has 1 saturated heterocycles. The molecule has 2 aromatic carbocycles. The number of likely N-dealkylation sites (tertiary alicyclic amines) is 1. The van der Waals surface area contributed by atoms with Crippen molar-refractivity contribution in [1.82, 2.24) is 9.88 Å². The Morgan fingerprint density at radius 3 is 2.66 bits per heavy atom. The van der Waals surface area contributed by atoms with Crippen molar-refractivity contribution in [3.8, 4) is 0 Å². The summed E-state index contributed by atoms with van der Waals surface area (Å²) in [6, 6.07) is 12.7. The Labute approximate surface area is 187 Å². The average molecular weight is 433 g/mol. The summed E-state index contributed by atoms with van der Waals surface area (Å²) in [4.78, 5) is 31.0. The number of rotatable bonds is 6. The SMILES string of the molecule is Cc1ccc(C)c(/C(O)=C2\C(=O)C(=O)N(CCOC(C)C)C2c2c[nH]c3ccccc23)c1. The lowest BCUT2D eigenvalue weighted by Gasteiger charge is -2.25. The summed E-state index contributed by atoms with van der Waals surface area (Å²) in [7, 11) is 0. The lowest BCUT2D eigenvalue weighted by molar-refractivity contribution is -0.140. The molecule has 0 saturated carbocycles. The van der Waals surface area contributed by atoms with E-state index in [9.17, 15) is 14.7 Å². The summed E-state index contributed by atoms with van der Waals surface area (Å²) in [5.41, 5.74) is 4.14. The number of aromatic nitrogens is 1. The third-order valence-corrected chi connectivity index (χ3v) is 5.89. The molecule has 1 fully saturated rings. The summed E-state index contributed by atoms with van der Waals surface area (Å²) in [5, 5.41) is 12.2. The highest BCUT2D eigenvalue weighted by Gasteiger charge is 2.46. The molecule has 1 unspecified atom stereocenters. The van der Waals surface area contributed by atoms with Crippen LogP contribution >= 0.6 is 0 Å². The van der Waals surface area contributed by atoms with Crippen molar-refractivity contribution in [2.24, 2.45) is 0 Å². The van der Waals surface area contributed by atoms with Gasteiger partial charge in [-0.3, -0.25) is 9.59 Å². The molecule has 3 aromatic rings. The van der Waals surface area contributed by atoms with E-state index in [4.69, 9.17) is 4.74 Å². The van der Waals surface area contributed by atoms with E-state index in [2.05, 4.69) is 4.98 Å². The monoisotopic (exact) mass is 432 g/mol. The van der Waals surface area contributed by atoms with Crippen LogP contribution in [0.3, 0.4) is 0 Å². The van der Waals surface area contributed by atoms with Gasteiger partial charge in [0, 0.05) is 34.8 Å². The molecule has 0 bridgehead atoms. The number of aliphatic hydroxyl groups is 1. The Kier molecular flexibility index (Phi) is 5.89. The van der Waals surface area contributed by atoms with Crippen molar-refractivity contribution in [2.75, 3.05) is 13.2 Å². The number of fused-ring (bicyclic) bond motifs is 1. The van der Waals surface area contributed by atoms with Crippen molar-refractivity contribution in [1.29, 1.82) is 0 Å². The normalized spacial score (nSPS) is 18.3. The van der Waals surface area contributed by atoms with Crippen LogP contribution in [0.15, 0.2) is 54.2 Å². The highest BCUT2D eigenvalue weighted by Crippen LogP contribution is 2.42. The number of H-pyrrole nitrogens is 1. The van der Waals surface area contributed by atoms with E-state index in [0.717, 1.165) is 27.6 Å².